The molecule has 1 aromatic heterocycles. The van der Waals surface area contributed by atoms with Crippen molar-refractivity contribution in [3.8, 4) is 0 Å². The molecule has 6 heteroatoms. The van der Waals surface area contributed by atoms with E-state index < -0.39 is 0 Å². The smallest absolute Gasteiger partial charge is 0.276 e. The number of nitrogens with zero attached hydrogens (tertiary/aromatic N) is 2. The minimum absolute atomic E-state index is 0.125. The summed E-state index contributed by atoms with van der Waals surface area (Å²) in [6.45, 7) is 1.11. The Bertz CT molecular complexity index is 622. The lowest BCUT2D eigenvalue weighted by molar-refractivity contribution is 0.886. The van der Waals surface area contributed by atoms with Gasteiger partial charge in [-0.25, -0.2) is 4.98 Å². The molecule has 2 aromatic rings. The minimum atomic E-state index is -0.326. The molecule has 0 atom stereocenters. The predicted octanol–water partition coefficient (Wildman–Crippen LogP) is 0.447. The highest BCUT2D eigenvalue weighted by Crippen LogP contribution is 2.16. The molecule has 0 saturated heterocycles. The number of hydrogen-bond donors (Lipinski definition) is 3. The fourth-order valence-corrected chi connectivity index (χ4v) is 1.91. The Balaban J connectivity index is 2.23. The van der Waals surface area contributed by atoms with Gasteiger partial charge in [0.25, 0.3) is 5.56 Å². The van der Waals surface area contributed by atoms with Gasteiger partial charge in [-0.2, -0.15) is 0 Å². The second-order valence-electron chi connectivity index (χ2n) is 4.35. The zero-order valence-corrected chi connectivity index (χ0v) is 10.8. The SMILES string of the molecule is CN(Cc1cccc(CN)c1)c1nc[nH]c(=O)c1N. The topological polar surface area (TPSA) is 101 Å². The quantitative estimate of drug-likeness (QED) is 0.740. The molecule has 19 heavy (non-hydrogen) atoms. The summed E-state index contributed by atoms with van der Waals surface area (Å²) < 4.78 is 0. The van der Waals surface area contributed by atoms with E-state index in [4.69, 9.17) is 11.5 Å². The maximum atomic E-state index is 11.4. The van der Waals surface area contributed by atoms with Gasteiger partial charge >= 0.3 is 0 Å². The van der Waals surface area contributed by atoms with Gasteiger partial charge in [0.15, 0.2) is 5.82 Å². The van der Waals surface area contributed by atoms with Crippen LogP contribution < -0.4 is 21.9 Å². The van der Waals surface area contributed by atoms with Crippen LogP contribution >= 0.6 is 0 Å². The summed E-state index contributed by atoms with van der Waals surface area (Å²) in [5, 5.41) is 0. The molecule has 0 aliphatic rings. The van der Waals surface area contributed by atoms with Gasteiger partial charge in [-0.05, 0) is 11.1 Å². The van der Waals surface area contributed by atoms with Gasteiger partial charge in [-0.3, -0.25) is 4.79 Å². The minimum Gasteiger partial charge on any atom is -0.391 e. The number of nitrogen functional groups attached to an aromatic ring is 1. The van der Waals surface area contributed by atoms with Gasteiger partial charge in [0.05, 0.1) is 6.33 Å². The summed E-state index contributed by atoms with van der Waals surface area (Å²) in [5.41, 5.74) is 13.3. The standard InChI is InChI=1S/C13H17N5O/c1-18(12-11(15)13(19)17-8-16-12)7-10-4-2-3-9(5-10)6-14/h2-5,8H,6-7,14-15H2,1H3,(H,16,17,19). The van der Waals surface area contributed by atoms with Crippen molar-refractivity contribution in [2.24, 2.45) is 5.73 Å². The van der Waals surface area contributed by atoms with Crippen LogP contribution in [0.5, 0.6) is 0 Å². The Labute approximate surface area is 111 Å². The van der Waals surface area contributed by atoms with E-state index in [1.165, 1.54) is 6.33 Å². The Kier molecular flexibility index (Phi) is 3.82. The van der Waals surface area contributed by atoms with Crippen molar-refractivity contribution < 1.29 is 0 Å². The molecule has 0 aliphatic carbocycles. The van der Waals surface area contributed by atoms with Gasteiger partial charge in [0.1, 0.15) is 5.69 Å². The van der Waals surface area contributed by atoms with E-state index in [1.807, 2.05) is 36.2 Å². The second-order valence-corrected chi connectivity index (χ2v) is 4.35. The van der Waals surface area contributed by atoms with Crippen molar-refractivity contribution in [2.45, 2.75) is 13.1 Å². The molecular formula is C13H17N5O. The zero-order valence-electron chi connectivity index (χ0n) is 10.8. The zero-order chi connectivity index (χ0) is 13.8. The molecule has 1 aromatic carbocycles. The molecule has 0 aliphatic heterocycles. The van der Waals surface area contributed by atoms with Crippen LogP contribution in [-0.2, 0) is 13.1 Å². The lowest BCUT2D eigenvalue weighted by Gasteiger charge is -2.19. The third kappa shape index (κ3) is 2.92. The molecule has 2 rings (SSSR count). The van der Waals surface area contributed by atoms with Gasteiger partial charge in [0, 0.05) is 20.1 Å². The van der Waals surface area contributed by atoms with Crippen LogP contribution in [0.4, 0.5) is 11.5 Å². The number of H-pyrrole nitrogens is 1. The Morgan fingerprint density at radius 3 is 2.84 bits per heavy atom. The number of rotatable bonds is 4. The maximum absolute atomic E-state index is 11.4. The van der Waals surface area contributed by atoms with Crippen LogP contribution in [-0.4, -0.2) is 17.0 Å². The number of nitrogens with one attached hydrogen (secondary N) is 1. The Hall–Kier alpha value is -2.34. The van der Waals surface area contributed by atoms with E-state index >= 15 is 0 Å². The number of anilines is 2. The van der Waals surface area contributed by atoms with E-state index in [9.17, 15) is 4.79 Å². The van der Waals surface area contributed by atoms with Crippen molar-refractivity contribution in [3.63, 3.8) is 0 Å². The molecule has 100 valence electrons. The monoisotopic (exact) mass is 259 g/mol. The van der Waals surface area contributed by atoms with Crippen molar-refractivity contribution >= 4 is 11.5 Å². The van der Waals surface area contributed by atoms with Crippen molar-refractivity contribution in [3.05, 3.63) is 52.1 Å². The van der Waals surface area contributed by atoms with Crippen LogP contribution in [0.1, 0.15) is 11.1 Å². The average molecular weight is 259 g/mol. The van der Waals surface area contributed by atoms with E-state index in [0.29, 0.717) is 18.9 Å². The van der Waals surface area contributed by atoms with Gasteiger partial charge in [-0.15, -0.1) is 0 Å². The Morgan fingerprint density at radius 2 is 2.11 bits per heavy atom. The first-order valence-electron chi connectivity index (χ1n) is 5.94. The number of aromatic amines is 1. The molecule has 0 radical (unpaired) electrons. The summed E-state index contributed by atoms with van der Waals surface area (Å²) in [6, 6.07) is 7.96. The van der Waals surface area contributed by atoms with Crippen LogP contribution in [0.25, 0.3) is 0 Å². The van der Waals surface area contributed by atoms with Crippen molar-refractivity contribution in [1.82, 2.24) is 9.97 Å². The fourth-order valence-electron chi connectivity index (χ4n) is 1.91. The number of aromatic nitrogens is 2. The summed E-state index contributed by atoms with van der Waals surface area (Å²) in [5.74, 6) is 0.474. The third-order valence-corrected chi connectivity index (χ3v) is 2.88. The van der Waals surface area contributed by atoms with Gasteiger partial charge < -0.3 is 21.4 Å². The lowest BCUT2D eigenvalue weighted by Crippen LogP contribution is -2.23. The first-order valence-corrected chi connectivity index (χ1v) is 5.94. The van der Waals surface area contributed by atoms with Gasteiger partial charge in [-0.1, -0.05) is 24.3 Å². The van der Waals surface area contributed by atoms with Crippen molar-refractivity contribution in [1.29, 1.82) is 0 Å². The van der Waals surface area contributed by atoms with E-state index in [2.05, 4.69) is 9.97 Å². The van der Waals surface area contributed by atoms with Crippen LogP contribution in [0.2, 0.25) is 0 Å². The first-order chi connectivity index (χ1) is 9.11. The summed E-state index contributed by atoms with van der Waals surface area (Å²) in [7, 11) is 1.84. The molecule has 0 spiro atoms. The maximum Gasteiger partial charge on any atom is 0.276 e. The summed E-state index contributed by atoms with van der Waals surface area (Å²) in [4.78, 5) is 19.8. The van der Waals surface area contributed by atoms with Gasteiger partial charge in [0.2, 0.25) is 0 Å². The summed E-state index contributed by atoms with van der Waals surface area (Å²) >= 11 is 0. The normalized spacial score (nSPS) is 10.4. The van der Waals surface area contributed by atoms with Crippen molar-refractivity contribution in [2.75, 3.05) is 17.7 Å². The average Bonchev–Trinajstić information content (AvgIpc) is 2.42. The second kappa shape index (κ2) is 5.53. The molecule has 0 saturated carbocycles. The Morgan fingerprint density at radius 1 is 1.37 bits per heavy atom. The highest BCUT2D eigenvalue weighted by Gasteiger charge is 2.10. The number of hydrogen-bond acceptors (Lipinski definition) is 5. The fraction of sp³-hybridized carbons (Fsp3) is 0.231. The van der Waals surface area contributed by atoms with Crippen LogP contribution in [0.3, 0.4) is 0 Å². The van der Waals surface area contributed by atoms with Crippen LogP contribution in [0, 0.1) is 0 Å². The molecule has 0 bridgehead atoms. The molecule has 6 nitrogen and oxygen atoms in total. The molecule has 0 unspecified atom stereocenters. The molecular weight excluding hydrogens is 242 g/mol. The number of nitrogens with two attached hydrogens (primary N) is 2. The van der Waals surface area contributed by atoms with E-state index in [-0.39, 0.29) is 11.2 Å². The molecule has 5 N–H and O–H groups in total. The van der Waals surface area contributed by atoms with E-state index in [1.54, 1.807) is 0 Å². The third-order valence-electron chi connectivity index (χ3n) is 2.88. The first kappa shape index (κ1) is 13.1. The molecule has 0 amide bonds. The lowest BCUT2D eigenvalue weighted by atomic mass is 10.1. The summed E-state index contributed by atoms with van der Waals surface area (Å²) in [6.07, 6.45) is 1.35. The molecule has 0 fully saturated rings. The largest absolute Gasteiger partial charge is 0.391 e. The van der Waals surface area contributed by atoms with Crippen LogP contribution in [0.15, 0.2) is 35.4 Å². The predicted molar refractivity (Wildman–Crippen MR) is 75.7 cm³/mol. The number of benzene rings is 1. The molecule has 1 heterocycles. The highest BCUT2D eigenvalue weighted by atomic mass is 16.1. The highest BCUT2D eigenvalue weighted by molar-refractivity contribution is 5.60. The van der Waals surface area contributed by atoms with E-state index in [0.717, 1.165) is 11.1 Å².